The van der Waals surface area contributed by atoms with E-state index < -0.39 is 10.8 Å². The molecule has 2 N–H and O–H groups in total. The van der Waals surface area contributed by atoms with Crippen molar-refractivity contribution in [3.63, 3.8) is 0 Å². The molecule has 0 aliphatic heterocycles. The molecule has 0 aliphatic carbocycles. The Morgan fingerprint density at radius 2 is 2.14 bits per heavy atom. The number of carbonyl (C=O) groups excluding carboxylic acids is 1. The fourth-order valence-corrected chi connectivity index (χ4v) is 1.72. The van der Waals surface area contributed by atoms with Crippen molar-refractivity contribution in [3.05, 3.63) is 57.9 Å². The van der Waals surface area contributed by atoms with Gasteiger partial charge in [-0.15, -0.1) is 0 Å². The van der Waals surface area contributed by atoms with Crippen LogP contribution in [0, 0.1) is 10.1 Å². The fourth-order valence-electron chi connectivity index (χ4n) is 1.72. The van der Waals surface area contributed by atoms with Gasteiger partial charge < -0.3 is 10.4 Å². The maximum absolute atomic E-state index is 12.0. The molecule has 1 aromatic carbocycles. The molecule has 7 nitrogen and oxygen atoms in total. The van der Waals surface area contributed by atoms with Gasteiger partial charge >= 0.3 is 0 Å². The van der Waals surface area contributed by atoms with Crippen molar-refractivity contribution in [1.82, 2.24) is 4.98 Å². The highest BCUT2D eigenvalue weighted by Gasteiger charge is 2.13. The quantitative estimate of drug-likeness (QED) is 0.510. The Bertz CT molecular complexity index is 683. The largest absolute Gasteiger partial charge is 0.506 e. The molecule has 2 rings (SSSR count). The summed E-state index contributed by atoms with van der Waals surface area (Å²) in [6, 6.07) is 7.38. The predicted molar refractivity (Wildman–Crippen MR) is 76.3 cm³/mol. The zero-order chi connectivity index (χ0) is 15.4. The van der Waals surface area contributed by atoms with Crippen molar-refractivity contribution in [2.75, 3.05) is 5.32 Å². The van der Waals surface area contributed by atoms with Crippen molar-refractivity contribution >= 4 is 17.3 Å². The van der Waals surface area contributed by atoms with Gasteiger partial charge in [0.2, 0.25) is 0 Å². The first-order valence-electron chi connectivity index (χ1n) is 6.25. The molecular formula is C14H13N3O4. The first kappa shape index (κ1) is 14.4. The average Bonchev–Trinajstić information content (AvgIpc) is 2.49. The molecule has 0 fully saturated rings. The van der Waals surface area contributed by atoms with Gasteiger partial charge in [0.25, 0.3) is 11.6 Å². The maximum atomic E-state index is 12.0. The molecule has 0 radical (unpaired) electrons. The number of aromatic hydroxyl groups is 1. The van der Waals surface area contributed by atoms with Crippen LogP contribution in [0.4, 0.5) is 11.4 Å². The second kappa shape index (κ2) is 6.00. The van der Waals surface area contributed by atoms with Gasteiger partial charge in [-0.25, -0.2) is 4.98 Å². The first-order chi connectivity index (χ1) is 10.0. The summed E-state index contributed by atoms with van der Waals surface area (Å²) in [7, 11) is 0. The molecule has 0 saturated heterocycles. The van der Waals surface area contributed by atoms with Gasteiger partial charge in [0.1, 0.15) is 17.6 Å². The van der Waals surface area contributed by atoms with E-state index in [1.54, 1.807) is 12.1 Å². The van der Waals surface area contributed by atoms with Gasteiger partial charge in [-0.2, -0.15) is 0 Å². The molecule has 7 heteroatoms. The third kappa shape index (κ3) is 3.33. The topological polar surface area (TPSA) is 105 Å². The van der Waals surface area contributed by atoms with Crippen LogP contribution in [-0.4, -0.2) is 20.9 Å². The van der Waals surface area contributed by atoms with Crippen molar-refractivity contribution < 1.29 is 14.8 Å². The van der Waals surface area contributed by atoms with Crippen LogP contribution in [0.1, 0.15) is 23.0 Å². The van der Waals surface area contributed by atoms with E-state index in [0.29, 0.717) is 0 Å². The smallest absolute Gasteiger partial charge is 0.287 e. The number of nitro groups is 1. The average molecular weight is 287 g/mol. The molecule has 0 saturated carbocycles. The number of benzene rings is 1. The van der Waals surface area contributed by atoms with Gasteiger partial charge in [-0.05, 0) is 30.2 Å². The van der Waals surface area contributed by atoms with Crippen LogP contribution in [0.25, 0.3) is 0 Å². The third-order valence-corrected chi connectivity index (χ3v) is 2.91. The summed E-state index contributed by atoms with van der Waals surface area (Å²) in [6.07, 6.45) is 1.77. The van der Waals surface area contributed by atoms with E-state index in [1.807, 2.05) is 6.92 Å². The molecule has 0 bridgehead atoms. The number of nitrogens with zero attached hydrogens (tertiary/aromatic N) is 2. The second-order valence-electron chi connectivity index (χ2n) is 4.32. The van der Waals surface area contributed by atoms with E-state index in [9.17, 15) is 20.0 Å². The zero-order valence-electron chi connectivity index (χ0n) is 11.2. The van der Waals surface area contributed by atoms with E-state index in [0.717, 1.165) is 18.2 Å². The lowest BCUT2D eigenvalue weighted by molar-refractivity contribution is -0.385. The number of aromatic nitrogens is 1. The molecule has 0 unspecified atom stereocenters. The van der Waals surface area contributed by atoms with Crippen molar-refractivity contribution in [1.29, 1.82) is 0 Å². The van der Waals surface area contributed by atoms with Crippen LogP contribution < -0.4 is 5.32 Å². The van der Waals surface area contributed by atoms with Crippen LogP contribution in [0.15, 0.2) is 36.5 Å². The number of phenolic OH excluding ortho intramolecular Hbond substituents is 1. The fraction of sp³-hybridized carbons (Fsp3) is 0.143. The van der Waals surface area contributed by atoms with Crippen molar-refractivity contribution in [3.8, 4) is 5.75 Å². The Labute approximate surface area is 120 Å². The molecular weight excluding hydrogens is 274 g/mol. The van der Waals surface area contributed by atoms with Crippen LogP contribution >= 0.6 is 0 Å². The number of phenols is 1. The lowest BCUT2D eigenvalue weighted by Gasteiger charge is -2.08. The number of pyridine rings is 1. The molecule has 1 aromatic heterocycles. The molecule has 1 amide bonds. The number of hydrogen-bond acceptors (Lipinski definition) is 5. The molecule has 108 valence electrons. The highest BCUT2D eigenvalue weighted by atomic mass is 16.6. The Morgan fingerprint density at radius 1 is 1.38 bits per heavy atom. The lowest BCUT2D eigenvalue weighted by atomic mass is 10.1. The van der Waals surface area contributed by atoms with E-state index >= 15 is 0 Å². The highest BCUT2D eigenvalue weighted by molar-refractivity contribution is 6.03. The zero-order valence-corrected chi connectivity index (χ0v) is 11.2. The second-order valence-corrected chi connectivity index (χ2v) is 4.32. The number of rotatable bonds is 4. The van der Waals surface area contributed by atoms with Crippen LogP contribution in [-0.2, 0) is 6.42 Å². The number of nitrogens with one attached hydrogen (secondary N) is 1. The number of hydrogen-bond donors (Lipinski definition) is 2. The summed E-state index contributed by atoms with van der Waals surface area (Å²) in [5.74, 6) is -0.601. The summed E-state index contributed by atoms with van der Waals surface area (Å²) in [4.78, 5) is 25.7. The molecule has 0 atom stereocenters. The Hall–Kier alpha value is -2.96. The predicted octanol–water partition coefficient (Wildman–Crippen LogP) is 2.51. The van der Waals surface area contributed by atoms with E-state index in [-0.39, 0.29) is 22.8 Å². The number of amides is 1. The van der Waals surface area contributed by atoms with Gasteiger partial charge in [0.15, 0.2) is 0 Å². The third-order valence-electron chi connectivity index (χ3n) is 2.91. The molecule has 21 heavy (non-hydrogen) atoms. The number of anilines is 1. The standard InChI is InChI=1S/C14H13N3O4/c1-2-9-3-6-13(18)12(7-9)16-14(19)11-5-4-10(8-15-11)17(20)21/h3-8,18H,2H2,1H3,(H,16,19). The minimum absolute atomic E-state index is 0.0295. The van der Waals surface area contributed by atoms with Gasteiger partial charge in [0, 0.05) is 6.07 Å². The minimum atomic E-state index is -0.592. The van der Waals surface area contributed by atoms with Gasteiger partial charge in [-0.3, -0.25) is 14.9 Å². The van der Waals surface area contributed by atoms with Crippen LogP contribution in [0.5, 0.6) is 5.75 Å². The van der Waals surface area contributed by atoms with Crippen molar-refractivity contribution in [2.45, 2.75) is 13.3 Å². The van der Waals surface area contributed by atoms with E-state index in [4.69, 9.17) is 0 Å². The first-order valence-corrected chi connectivity index (χ1v) is 6.25. The van der Waals surface area contributed by atoms with Crippen LogP contribution in [0.3, 0.4) is 0 Å². The molecule has 0 spiro atoms. The van der Waals surface area contributed by atoms with E-state index in [2.05, 4.69) is 10.3 Å². The van der Waals surface area contributed by atoms with Crippen molar-refractivity contribution in [2.24, 2.45) is 0 Å². The minimum Gasteiger partial charge on any atom is -0.506 e. The monoisotopic (exact) mass is 287 g/mol. The normalized spacial score (nSPS) is 10.1. The number of carbonyl (C=O) groups is 1. The van der Waals surface area contributed by atoms with Gasteiger partial charge in [-0.1, -0.05) is 13.0 Å². The summed E-state index contributed by atoms with van der Waals surface area (Å²) in [5.41, 5.74) is 1.07. The Balaban J connectivity index is 2.19. The summed E-state index contributed by atoms with van der Waals surface area (Å²) in [5, 5.41) is 22.8. The Kier molecular flexibility index (Phi) is 4.13. The lowest BCUT2D eigenvalue weighted by Crippen LogP contribution is -2.14. The van der Waals surface area contributed by atoms with Gasteiger partial charge in [0.05, 0.1) is 10.6 Å². The molecule has 1 heterocycles. The number of aryl methyl sites for hydroxylation is 1. The van der Waals surface area contributed by atoms with E-state index in [1.165, 1.54) is 18.2 Å². The van der Waals surface area contributed by atoms with Crippen LogP contribution in [0.2, 0.25) is 0 Å². The molecule has 0 aliphatic rings. The summed E-state index contributed by atoms with van der Waals surface area (Å²) >= 11 is 0. The Morgan fingerprint density at radius 3 is 2.71 bits per heavy atom. The molecule has 2 aromatic rings. The summed E-state index contributed by atoms with van der Waals surface area (Å²) < 4.78 is 0. The highest BCUT2D eigenvalue weighted by Crippen LogP contribution is 2.25. The SMILES string of the molecule is CCc1ccc(O)c(NC(=O)c2ccc([N+](=O)[O-])cn2)c1. The summed E-state index contributed by atoms with van der Waals surface area (Å²) in [6.45, 7) is 1.95. The maximum Gasteiger partial charge on any atom is 0.287 e.